The Hall–Kier alpha value is -3.63. The number of halogens is 2. The van der Waals surface area contributed by atoms with Crippen LogP contribution in [0.15, 0.2) is 66.9 Å². The van der Waals surface area contributed by atoms with Crippen molar-refractivity contribution in [1.29, 1.82) is 5.26 Å². The first kappa shape index (κ1) is 24.1. The van der Waals surface area contributed by atoms with Crippen LogP contribution in [0, 0.1) is 11.3 Å². The Morgan fingerprint density at radius 3 is 2.75 bits per heavy atom. The molecule has 0 radical (unpaired) electrons. The number of hydrogen-bond donors (Lipinski definition) is 1. The summed E-state index contributed by atoms with van der Waals surface area (Å²) in [5.74, 6) is 0. The van der Waals surface area contributed by atoms with Gasteiger partial charge in [-0.3, -0.25) is 9.47 Å². The van der Waals surface area contributed by atoms with E-state index in [4.69, 9.17) is 23.2 Å². The highest BCUT2D eigenvalue weighted by Crippen LogP contribution is 2.31. The third-order valence-electron chi connectivity index (χ3n) is 6.34. The van der Waals surface area contributed by atoms with Gasteiger partial charge >= 0.3 is 6.03 Å². The summed E-state index contributed by atoms with van der Waals surface area (Å²) in [6, 6.07) is 18.8. The Balaban J connectivity index is 1.39. The van der Waals surface area contributed by atoms with Crippen LogP contribution < -0.4 is 5.32 Å². The molecule has 0 fully saturated rings. The number of nitriles is 1. The molecule has 0 saturated heterocycles. The number of nitrogens with zero attached hydrogens (tertiary/aromatic N) is 4. The summed E-state index contributed by atoms with van der Waals surface area (Å²) >= 11 is 12.0. The molecule has 5 rings (SSSR count). The van der Waals surface area contributed by atoms with Crippen molar-refractivity contribution in [2.45, 2.75) is 19.5 Å². The predicted molar refractivity (Wildman–Crippen MR) is 143 cm³/mol. The Morgan fingerprint density at radius 2 is 1.97 bits per heavy atom. The van der Waals surface area contributed by atoms with Crippen LogP contribution in [0.3, 0.4) is 0 Å². The third-order valence-corrected chi connectivity index (χ3v) is 6.80. The summed E-state index contributed by atoms with van der Waals surface area (Å²) in [6.07, 6.45) is 6.58. The number of rotatable bonds is 5. The summed E-state index contributed by atoms with van der Waals surface area (Å²) in [7, 11) is 0. The lowest BCUT2D eigenvalue weighted by atomic mass is 10.0. The van der Waals surface area contributed by atoms with E-state index in [1.165, 1.54) is 0 Å². The summed E-state index contributed by atoms with van der Waals surface area (Å²) < 4.78 is 1.76. The maximum absolute atomic E-state index is 13.3. The van der Waals surface area contributed by atoms with Crippen molar-refractivity contribution in [3.8, 4) is 6.07 Å². The van der Waals surface area contributed by atoms with Gasteiger partial charge in [-0.1, -0.05) is 47.5 Å². The molecular formula is C28H23Cl2N5O. The normalized spacial score (nSPS) is 13.6. The Labute approximate surface area is 219 Å². The zero-order valence-corrected chi connectivity index (χ0v) is 20.9. The lowest BCUT2D eigenvalue weighted by Crippen LogP contribution is -2.34. The van der Waals surface area contributed by atoms with Crippen LogP contribution in [0.1, 0.15) is 27.9 Å². The van der Waals surface area contributed by atoms with Crippen molar-refractivity contribution < 1.29 is 4.79 Å². The average molecular weight is 516 g/mol. The Bertz CT molecular complexity index is 1500. The van der Waals surface area contributed by atoms with E-state index < -0.39 is 0 Å². The van der Waals surface area contributed by atoms with Gasteiger partial charge in [-0.25, -0.2) is 9.78 Å². The molecule has 2 aromatic carbocycles. The lowest BCUT2D eigenvalue weighted by Gasteiger charge is -2.27. The molecule has 1 N–H and O–H groups in total. The third kappa shape index (κ3) is 5.14. The fraction of sp³-hybridized carbons (Fsp3) is 0.179. The molecule has 1 amide bonds. The number of nitrogens with one attached hydrogen (secondary N) is 1. The zero-order valence-electron chi connectivity index (χ0n) is 19.4. The highest BCUT2D eigenvalue weighted by atomic mass is 35.5. The van der Waals surface area contributed by atoms with Gasteiger partial charge in [0.15, 0.2) is 0 Å². The minimum absolute atomic E-state index is 0.199. The molecule has 4 aromatic rings. The molecule has 8 heteroatoms. The maximum atomic E-state index is 13.3. The first-order valence-electron chi connectivity index (χ1n) is 11.6. The van der Waals surface area contributed by atoms with Crippen molar-refractivity contribution in [1.82, 2.24) is 19.8 Å². The van der Waals surface area contributed by atoms with E-state index in [1.807, 2.05) is 42.5 Å². The largest absolute Gasteiger partial charge is 0.333 e. The van der Waals surface area contributed by atoms with E-state index in [1.54, 1.807) is 22.9 Å². The van der Waals surface area contributed by atoms with Gasteiger partial charge in [0, 0.05) is 54.9 Å². The lowest BCUT2D eigenvalue weighted by molar-refractivity contribution is 0.240. The highest BCUT2D eigenvalue weighted by Gasteiger charge is 2.26. The van der Waals surface area contributed by atoms with Crippen LogP contribution in [0.2, 0.25) is 10.2 Å². The second kappa shape index (κ2) is 10.5. The molecule has 1 aliphatic rings. The molecule has 2 aromatic heterocycles. The highest BCUT2D eigenvalue weighted by molar-refractivity contribution is 6.30. The Morgan fingerprint density at radius 1 is 1.14 bits per heavy atom. The van der Waals surface area contributed by atoms with E-state index in [9.17, 15) is 10.1 Å². The summed E-state index contributed by atoms with van der Waals surface area (Å²) in [6.45, 7) is 2.65. The zero-order chi connectivity index (χ0) is 25.1. The maximum Gasteiger partial charge on any atom is 0.326 e. The van der Waals surface area contributed by atoms with Gasteiger partial charge in [-0.15, -0.1) is 0 Å². The summed E-state index contributed by atoms with van der Waals surface area (Å²) in [5, 5.41) is 14.5. The van der Waals surface area contributed by atoms with Crippen LogP contribution in [0.4, 0.5) is 4.79 Å². The number of amides is 1. The second-order valence-corrected chi connectivity index (χ2v) is 9.51. The van der Waals surface area contributed by atoms with Crippen molar-refractivity contribution in [3.05, 3.63) is 105 Å². The van der Waals surface area contributed by atoms with Gasteiger partial charge in [0.1, 0.15) is 5.15 Å². The summed E-state index contributed by atoms with van der Waals surface area (Å²) in [5.41, 5.74) is 5.44. The molecule has 36 heavy (non-hydrogen) atoms. The fourth-order valence-electron chi connectivity index (χ4n) is 4.59. The molecule has 3 heterocycles. The van der Waals surface area contributed by atoms with Crippen LogP contribution in [-0.2, 0) is 19.5 Å². The average Bonchev–Trinajstić information content (AvgIpc) is 3.21. The van der Waals surface area contributed by atoms with Crippen LogP contribution in [0.5, 0.6) is 0 Å². The minimum Gasteiger partial charge on any atom is -0.333 e. The molecule has 6 nitrogen and oxygen atoms in total. The monoisotopic (exact) mass is 515 g/mol. The topological polar surface area (TPSA) is 74.0 Å². The number of pyridine rings is 1. The van der Waals surface area contributed by atoms with Crippen molar-refractivity contribution in [2.24, 2.45) is 0 Å². The van der Waals surface area contributed by atoms with Crippen molar-refractivity contribution in [3.63, 3.8) is 0 Å². The molecule has 0 spiro atoms. The molecule has 0 bridgehead atoms. The fourth-order valence-corrected chi connectivity index (χ4v) is 4.92. The number of benzene rings is 2. The van der Waals surface area contributed by atoms with Gasteiger partial charge in [0.25, 0.3) is 0 Å². The SMILES string of the molecule is N#Cc1ccc2c(c1)c1c(n2C(=O)NCc2ccnc(Cl)c2)CCN(CC=Cc2ccc(Cl)cc2)C1. The molecular weight excluding hydrogens is 493 g/mol. The number of carbonyl (C=O) groups is 1. The van der Waals surface area contributed by atoms with Crippen molar-refractivity contribution >= 4 is 46.2 Å². The van der Waals surface area contributed by atoms with Gasteiger partial charge in [0.05, 0.1) is 17.1 Å². The molecule has 0 saturated carbocycles. The standard InChI is InChI=1S/C28H23Cl2N5O/c29-22-6-3-19(4-7-22)2-1-12-34-13-10-26-24(18-34)23-14-20(16-31)5-8-25(23)35(26)28(36)33-17-21-9-11-32-27(30)15-21/h1-9,11,14-15H,10,12-13,17-18H2,(H,33,36). The second-order valence-electron chi connectivity index (χ2n) is 8.69. The number of fused-ring (bicyclic) bond motifs is 3. The Kier molecular flexibility index (Phi) is 7.06. The van der Waals surface area contributed by atoms with Crippen LogP contribution in [-0.4, -0.2) is 33.6 Å². The molecule has 0 aliphatic carbocycles. The molecule has 1 aliphatic heterocycles. The van der Waals surface area contributed by atoms with Gasteiger partial charge < -0.3 is 5.32 Å². The molecule has 0 unspecified atom stereocenters. The number of aromatic nitrogens is 2. The van der Waals surface area contributed by atoms with Crippen LogP contribution >= 0.6 is 23.2 Å². The molecule has 180 valence electrons. The van der Waals surface area contributed by atoms with Crippen LogP contribution in [0.25, 0.3) is 17.0 Å². The van der Waals surface area contributed by atoms with E-state index in [-0.39, 0.29) is 6.03 Å². The predicted octanol–water partition coefficient (Wildman–Crippen LogP) is 6.04. The quantitative estimate of drug-likeness (QED) is 0.328. The van der Waals surface area contributed by atoms with Gasteiger partial charge in [0.2, 0.25) is 0 Å². The minimum atomic E-state index is -0.199. The van der Waals surface area contributed by atoms with E-state index in [2.05, 4.69) is 33.4 Å². The number of carbonyl (C=O) groups excluding carboxylic acids is 1. The van der Waals surface area contributed by atoms with Gasteiger partial charge in [-0.2, -0.15) is 5.26 Å². The molecule has 0 atom stereocenters. The van der Waals surface area contributed by atoms with Gasteiger partial charge in [-0.05, 0) is 59.2 Å². The van der Waals surface area contributed by atoms with E-state index in [0.29, 0.717) is 23.8 Å². The van der Waals surface area contributed by atoms with Crippen molar-refractivity contribution in [2.75, 3.05) is 13.1 Å². The first-order valence-corrected chi connectivity index (χ1v) is 12.4. The summed E-state index contributed by atoms with van der Waals surface area (Å²) in [4.78, 5) is 19.7. The smallest absolute Gasteiger partial charge is 0.326 e. The van der Waals surface area contributed by atoms with E-state index >= 15 is 0 Å². The van der Waals surface area contributed by atoms with E-state index in [0.717, 1.165) is 57.8 Å². The first-order chi connectivity index (χ1) is 17.5. The number of hydrogen-bond acceptors (Lipinski definition) is 4.